The first-order chi connectivity index (χ1) is 5.27. The zero-order valence-corrected chi connectivity index (χ0v) is 10.2. The molecular formula is C8H18Cl2Si. The highest BCUT2D eigenvalue weighted by molar-refractivity contribution is 6.49. The maximum Gasteiger partial charge on any atom is 0.105 e. The topological polar surface area (TPSA) is 0 Å². The van der Waals surface area contributed by atoms with Crippen LogP contribution in [0.5, 0.6) is 0 Å². The van der Waals surface area contributed by atoms with E-state index in [0.29, 0.717) is 0 Å². The van der Waals surface area contributed by atoms with E-state index < -0.39 is 0 Å². The van der Waals surface area contributed by atoms with Gasteiger partial charge in [-0.15, -0.1) is 23.2 Å². The van der Waals surface area contributed by atoms with Gasteiger partial charge in [0.25, 0.3) is 0 Å². The summed E-state index contributed by atoms with van der Waals surface area (Å²) in [5.74, 6) is 0. The highest BCUT2D eigenvalue weighted by atomic mass is 35.5. The number of rotatable bonds is 7. The van der Waals surface area contributed by atoms with Crippen LogP contribution < -0.4 is 0 Å². The van der Waals surface area contributed by atoms with Crippen LogP contribution in [0, 0.1) is 0 Å². The van der Waals surface area contributed by atoms with Crippen LogP contribution in [0.2, 0.25) is 12.1 Å². The van der Waals surface area contributed by atoms with Gasteiger partial charge in [-0.05, 0) is 6.04 Å². The number of hydrogen-bond donors (Lipinski definition) is 0. The van der Waals surface area contributed by atoms with E-state index in [4.69, 9.17) is 23.2 Å². The van der Waals surface area contributed by atoms with E-state index in [2.05, 4.69) is 6.92 Å². The van der Waals surface area contributed by atoms with Gasteiger partial charge in [-0.3, -0.25) is 0 Å². The molecule has 0 aromatic rings. The van der Waals surface area contributed by atoms with Gasteiger partial charge in [-0.2, -0.15) is 0 Å². The predicted octanol–water partition coefficient (Wildman–Crippen LogP) is 3.38. The molecule has 3 heteroatoms. The van der Waals surface area contributed by atoms with Crippen LogP contribution in [0.25, 0.3) is 0 Å². The maximum atomic E-state index is 5.62. The summed E-state index contributed by atoms with van der Waals surface area (Å²) in [6.07, 6.45) is 5.52. The molecular weight excluding hydrogens is 195 g/mol. The summed E-state index contributed by atoms with van der Waals surface area (Å²) >= 11 is 11.2. The van der Waals surface area contributed by atoms with Crippen molar-refractivity contribution in [3.63, 3.8) is 0 Å². The molecule has 0 atom stereocenters. The molecule has 0 saturated heterocycles. The van der Waals surface area contributed by atoms with Crippen molar-refractivity contribution in [3.05, 3.63) is 0 Å². The molecule has 0 fully saturated rings. The molecule has 11 heavy (non-hydrogen) atoms. The molecule has 0 aliphatic carbocycles. The second kappa shape index (κ2) is 8.89. The molecule has 0 unspecified atom stereocenters. The Morgan fingerprint density at radius 2 is 1.91 bits per heavy atom. The van der Waals surface area contributed by atoms with Gasteiger partial charge in [-0.1, -0.05) is 38.7 Å². The van der Waals surface area contributed by atoms with Crippen LogP contribution in [0.15, 0.2) is 0 Å². The van der Waals surface area contributed by atoms with Gasteiger partial charge in [0.15, 0.2) is 0 Å². The van der Waals surface area contributed by atoms with Crippen molar-refractivity contribution in [3.8, 4) is 0 Å². The molecule has 0 aliphatic heterocycles. The van der Waals surface area contributed by atoms with Crippen LogP contribution in [0.4, 0.5) is 0 Å². The van der Waals surface area contributed by atoms with E-state index in [0.717, 1.165) is 6.04 Å². The molecule has 0 amide bonds. The van der Waals surface area contributed by atoms with E-state index in [1.165, 1.54) is 31.7 Å². The molecule has 0 spiro atoms. The average Bonchev–Trinajstić information content (AvgIpc) is 1.96. The van der Waals surface area contributed by atoms with Gasteiger partial charge in [0.05, 0.1) is 0 Å². The smallest absolute Gasteiger partial charge is 0.105 e. The second-order valence-electron chi connectivity index (χ2n) is 2.95. The Hall–Kier alpha value is 0.797. The molecule has 0 aliphatic rings. The van der Waals surface area contributed by atoms with Crippen LogP contribution in [-0.4, -0.2) is 14.4 Å². The fourth-order valence-electron chi connectivity index (χ4n) is 1.08. The van der Waals surface area contributed by atoms with E-state index >= 15 is 0 Å². The SMILES string of the molecule is CCCCCC[SiH2]CC(Cl)Cl. The van der Waals surface area contributed by atoms with Crippen molar-refractivity contribution in [2.75, 3.05) is 0 Å². The molecule has 0 rings (SSSR count). The zero-order valence-electron chi connectivity index (χ0n) is 7.28. The van der Waals surface area contributed by atoms with Crippen molar-refractivity contribution in [1.82, 2.24) is 0 Å². The minimum absolute atomic E-state index is 0.0720. The molecule has 0 aromatic carbocycles. The third-order valence-corrected chi connectivity index (χ3v) is 4.93. The lowest BCUT2D eigenvalue weighted by molar-refractivity contribution is 0.700. The number of unbranched alkanes of at least 4 members (excludes halogenated alkanes) is 3. The molecule has 0 bridgehead atoms. The van der Waals surface area contributed by atoms with Crippen LogP contribution in [0.3, 0.4) is 0 Å². The molecule has 0 aromatic heterocycles. The Kier molecular flexibility index (Phi) is 9.53. The fraction of sp³-hybridized carbons (Fsp3) is 1.00. The first-order valence-electron chi connectivity index (χ1n) is 4.55. The molecule has 0 nitrogen and oxygen atoms in total. The fourth-order valence-corrected chi connectivity index (χ4v) is 3.31. The van der Waals surface area contributed by atoms with Gasteiger partial charge < -0.3 is 0 Å². The van der Waals surface area contributed by atoms with Crippen molar-refractivity contribution >= 4 is 32.7 Å². The predicted molar refractivity (Wildman–Crippen MR) is 57.8 cm³/mol. The minimum Gasteiger partial charge on any atom is -0.106 e. The van der Waals surface area contributed by atoms with Gasteiger partial charge in [0.2, 0.25) is 0 Å². The third-order valence-electron chi connectivity index (χ3n) is 1.78. The Morgan fingerprint density at radius 1 is 1.18 bits per heavy atom. The molecule has 0 saturated carbocycles. The first kappa shape index (κ1) is 11.8. The average molecular weight is 213 g/mol. The van der Waals surface area contributed by atoms with E-state index in [1.54, 1.807) is 0 Å². The van der Waals surface area contributed by atoms with E-state index in [1.807, 2.05) is 0 Å². The molecule has 0 radical (unpaired) electrons. The number of halogens is 2. The van der Waals surface area contributed by atoms with Crippen molar-refractivity contribution in [2.45, 2.75) is 49.5 Å². The highest BCUT2D eigenvalue weighted by Gasteiger charge is 1.97. The van der Waals surface area contributed by atoms with Gasteiger partial charge >= 0.3 is 0 Å². The van der Waals surface area contributed by atoms with Gasteiger partial charge in [-0.25, -0.2) is 0 Å². The summed E-state index contributed by atoms with van der Waals surface area (Å²) in [7, 11) is 0.0720. The molecule has 68 valence electrons. The monoisotopic (exact) mass is 212 g/mol. The zero-order chi connectivity index (χ0) is 8.53. The Balaban J connectivity index is 2.80. The molecule has 0 heterocycles. The van der Waals surface area contributed by atoms with Gasteiger partial charge in [0, 0.05) is 9.52 Å². The summed E-state index contributed by atoms with van der Waals surface area (Å²) in [6, 6.07) is 2.52. The summed E-state index contributed by atoms with van der Waals surface area (Å²) in [4.78, 5) is -0.0900. The minimum atomic E-state index is -0.0900. The quantitative estimate of drug-likeness (QED) is 0.345. The Bertz CT molecular complexity index is 76.5. The number of hydrogen-bond acceptors (Lipinski definition) is 0. The highest BCUT2D eigenvalue weighted by Crippen LogP contribution is 2.09. The summed E-state index contributed by atoms with van der Waals surface area (Å²) < 4.78 is 0. The van der Waals surface area contributed by atoms with Gasteiger partial charge in [0.1, 0.15) is 4.84 Å². The van der Waals surface area contributed by atoms with Crippen molar-refractivity contribution < 1.29 is 0 Å². The normalized spacial score (nSPS) is 12.0. The van der Waals surface area contributed by atoms with E-state index in [-0.39, 0.29) is 14.4 Å². The van der Waals surface area contributed by atoms with Crippen LogP contribution in [-0.2, 0) is 0 Å². The van der Waals surface area contributed by atoms with E-state index in [9.17, 15) is 0 Å². The first-order valence-corrected chi connectivity index (χ1v) is 7.42. The lowest BCUT2D eigenvalue weighted by Crippen LogP contribution is -1.95. The van der Waals surface area contributed by atoms with Crippen molar-refractivity contribution in [2.24, 2.45) is 0 Å². The molecule has 0 N–H and O–H groups in total. The summed E-state index contributed by atoms with van der Waals surface area (Å²) in [5.41, 5.74) is 0. The van der Waals surface area contributed by atoms with Crippen LogP contribution in [0.1, 0.15) is 32.6 Å². The van der Waals surface area contributed by atoms with Crippen LogP contribution >= 0.6 is 23.2 Å². The largest absolute Gasteiger partial charge is 0.106 e. The summed E-state index contributed by atoms with van der Waals surface area (Å²) in [6.45, 7) is 2.24. The lowest BCUT2D eigenvalue weighted by Gasteiger charge is -1.99. The Labute approximate surface area is 82.5 Å². The number of alkyl halides is 2. The Morgan fingerprint density at radius 3 is 2.45 bits per heavy atom. The maximum absolute atomic E-state index is 5.62. The standard InChI is InChI=1S/C8H18Cl2Si/c1-2-3-4-5-6-11-7-8(9)10/h8H,2-7,11H2,1H3. The lowest BCUT2D eigenvalue weighted by atomic mass is 10.2. The van der Waals surface area contributed by atoms with Crippen molar-refractivity contribution in [1.29, 1.82) is 0 Å². The summed E-state index contributed by atoms with van der Waals surface area (Å²) in [5, 5.41) is 0. The second-order valence-corrected chi connectivity index (χ2v) is 6.22. The third kappa shape index (κ3) is 10.8.